The van der Waals surface area contributed by atoms with E-state index in [1.165, 1.54) is 11.1 Å². The number of benzene rings is 2. The van der Waals surface area contributed by atoms with Crippen molar-refractivity contribution in [3.8, 4) is 0 Å². The molecule has 2 aromatic rings. The van der Waals surface area contributed by atoms with Crippen LogP contribution in [0, 0.1) is 0 Å². The lowest BCUT2D eigenvalue weighted by molar-refractivity contribution is 0.518. The number of hydrogen-bond acceptors (Lipinski definition) is 2. The second-order valence-corrected chi connectivity index (χ2v) is 6.05. The molecule has 2 N–H and O–H groups in total. The van der Waals surface area contributed by atoms with Gasteiger partial charge >= 0.3 is 0 Å². The first kappa shape index (κ1) is 18.4. The topological polar surface area (TPSA) is 24.1 Å². The van der Waals surface area contributed by atoms with Crippen LogP contribution < -0.4 is 10.6 Å². The van der Waals surface area contributed by atoms with E-state index >= 15 is 0 Å². The molecule has 0 amide bonds. The third-order valence-corrected chi connectivity index (χ3v) is 3.01. The third-order valence-electron chi connectivity index (χ3n) is 3.01. The van der Waals surface area contributed by atoms with Gasteiger partial charge < -0.3 is 10.6 Å². The van der Waals surface area contributed by atoms with E-state index in [-0.39, 0.29) is 0 Å². The van der Waals surface area contributed by atoms with Gasteiger partial charge in [0.2, 0.25) is 0 Å². The molecule has 2 nitrogen and oxygen atoms in total. The molecule has 2 heteroatoms. The quantitative estimate of drug-likeness (QED) is 0.827. The summed E-state index contributed by atoms with van der Waals surface area (Å²) in [6, 6.07) is 22.2. The van der Waals surface area contributed by atoms with Crippen LogP contribution in [0.4, 0.5) is 0 Å². The highest BCUT2D eigenvalue weighted by Crippen LogP contribution is 2.00. The van der Waals surface area contributed by atoms with Crippen LogP contribution >= 0.6 is 0 Å². The Balaban J connectivity index is 0.000000295. The molecule has 0 atom stereocenters. The van der Waals surface area contributed by atoms with Gasteiger partial charge in [0.15, 0.2) is 0 Å². The molecule has 0 radical (unpaired) electrons. The highest BCUT2D eigenvalue weighted by atomic mass is 14.9. The molecule has 0 fully saturated rings. The molecular formula is C20H30N2. The zero-order valence-electron chi connectivity index (χ0n) is 14.3. The normalized spacial score (nSPS) is 10.5. The van der Waals surface area contributed by atoms with Crippen molar-refractivity contribution in [1.29, 1.82) is 0 Å². The first-order chi connectivity index (χ1) is 10.6. The Hall–Kier alpha value is -1.64. The van der Waals surface area contributed by atoms with E-state index < -0.39 is 0 Å². The van der Waals surface area contributed by atoms with E-state index in [0.29, 0.717) is 12.1 Å². The molecule has 22 heavy (non-hydrogen) atoms. The lowest BCUT2D eigenvalue weighted by atomic mass is 10.2. The van der Waals surface area contributed by atoms with Crippen LogP contribution in [0.25, 0.3) is 0 Å². The molecule has 0 aliphatic rings. The van der Waals surface area contributed by atoms with E-state index in [0.717, 1.165) is 13.1 Å². The van der Waals surface area contributed by atoms with Gasteiger partial charge in [-0.1, -0.05) is 88.4 Å². The summed E-state index contributed by atoms with van der Waals surface area (Å²) in [4.78, 5) is 0. The standard InChI is InChI=1S/C14H15N.C6H15N/c1-3-7-13(8-4-1)11-15-12-14-9-5-2-6-10-14;1-5(2)7-6(3)4/h1-10,15H,11-12H2;5-7H,1-4H3. The molecule has 2 aromatic carbocycles. The first-order valence-electron chi connectivity index (χ1n) is 8.12. The number of rotatable bonds is 6. The molecule has 0 saturated carbocycles. The van der Waals surface area contributed by atoms with Gasteiger partial charge in [0, 0.05) is 25.2 Å². The molecule has 0 aliphatic heterocycles. The molecule has 0 aliphatic carbocycles. The lowest BCUT2D eigenvalue weighted by Gasteiger charge is -2.10. The maximum absolute atomic E-state index is 3.42. The zero-order chi connectivity index (χ0) is 16.2. The van der Waals surface area contributed by atoms with Crippen LogP contribution in [-0.2, 0) is 13.1 Å². The van der Waals surface area contributed by atoms with Crippen molar-refractivity contribution >= 4 is 0 Å². The number of nitrogens with one attached hydrogen (secondary N) is 2. The second kappa shape index (κ2) is 11.0. The Morgan fingerprint density at radius 1 is 0.636 bits per heavy atom. The van der Waals surface area contributed by atoms with Gasteiger partial charge in [-0.05, 0) is 11.1 Å². The Morgan fingerprint density at radius 2 is 1.00 bits per heavy atom. The van der Waals surface area contributed by atoms with Crippen molar-refractivity contribution in [3.05, 3.63) is 71.8 Å². The minimum Gasteiger partial charge on any atom is -0.312 e. The van der Waals surface area contributed by atoms with Crippen molar-refractivity contribution < 1.29 is 0 Å². The first-order valence-corrected chi connectivity index (χ1v) is 8.12. The summed E-state index contributed by atoms with van der Waals surface area (Å²) in [7, 11) is 0. The molecule has 2 rings (SSSR count). The minimum atomic E-state index is 0.625. The Morgan fingerprint density at radius 3 is 1.27 bits per heavy atom. The molecule has 0 spiro atoms. The molecule has 0 unspecified atom stereocenters. The highest BCUT2D eigenvalue weighted by molar-refractivity contribution is 5.16. The van der Waals surface area contributed by atoms with Gasteiger partial charge in [0.25, 0.3) is 0 Å². The summed E-state index contributed by atoms with van der Waals surface area (Å²) in [5.74, 6) is 0. The van der Waals surface area contributed by atoms with Crippen LogP contribution in [0.1, 0.15) is 38.8 Å². The van der Waals surface area contributed by atoms with Crippen LogP contribution in [0.5, 0.6) is 0 Å². The summed E-state index contributed by atoms with van der Waals surface area (Å²) in [5, 5.41) is 6.72. The van der Waals surface area contributed by atoms with Crippen molar-refractivity contribution in [2.75, 3.05) is 0 Å². The van der Waals surface area contributed by atoms with E-state index in [9.17, 15) is 0 Å². The van der Waals surface area contributed by atoms with Crippen LogP contribution in [0.3, 0.4) is 0 Å². The third kappa shape index (κ3) is 9.32. The molecule has 0 heterocycles. The Labute approximate surface area is 136 Å². The molecule has 0 aromatic heterocycles. The number of hydrogen-bond donors (Lipinski definition) is 2. The van der Waals surface area contributed by atoms with Gasteiger partial charge in [-0.25, -0.2) is 0 Å². The average molecular weight is 298 g/mol. The second-order valence-electron chi connectivity index (χ2n) is 6.05. The lowest BCUT2D eigenvalue weighted by Crippen LogP contribution is -2.29. The monoisotopic (exact) mass is 298 g/mol. The molecule has 120 valence electrons. The molecule has 0 saturated heterocycles. The van der Waals surface area contributed by atoms with E-state index in [1.807, 2.05) is 12.1 Å². The van der Waals surface area contributed by atoms with Gasteiger partial charge in [0.05, 0.1) is 0 Å². The zero-order valence-corrected chi connectivity index (χ0v) is 14.3. The summed E-state index contributed by atoms with van der Waals surface area (Å²) in [5.41, 5.74) is 2.65. The fourth-order valence-electron chi connectivity index (χ4n) is 2.21. The summed E-state index contributed by atoms with van der Waals surface area (Å²) in [6.07, 6.45) is 0. The largest absolute Gasteiger partial charge is 0.312 e. The molecule has 0 bridgehead atoms. The SMILES string of the molecule is CC(C)NC(C)C.c1ccc(CNCc2ccccc2)cc1. The fraction of sp³-hybridized carbons (Fsp3) is 0.400. The van der Waals surface area contributed by atoms with Gasteiger partial charge in [-0.3, -0.25) is 0 Å². The van der Waals surface area contributed by atoms with Crippen molar-refractivity contribution in [2.24, 2.45) is 0 Å². The van der Waals surface area contributed by atoms with Gasteiger partial charge in [-0.2, -0.15) is 0 Å². The molecular weight excluding hydrogens is 268 g/mol. The maximum Gasteiger partial charge on any atom is 0.0208 e. The predicted molar refractivity (Wildman–Crippen MR) is 96.8 cm³/mol. The summed E-state index contributed by atoms with van der Waals surface area (Å²) in [6.45, 7) is 10.5. The van der Waals surface area contributed by atoms with Gasteiger partial charge in [-0.15, -0.1) is 0 Å². The predicted octanol–water partition coefficient (Wildman–Crippen LogP) is 4.37. The highest BCUT2D eigenvalue weighted by Gasteiger charge is 1.93. The smallest absolute Gasteiger partial charge is 0.0208 e. The Bertz CT molecular complexity index is 432. The van der Waals surface area contributed by atoms with Crippen LogP contribution in [0.2, 0.25) is 0 Å². The van der Waals surface area contributed by atoms with E-state index in [1.54, 1.807) is 0 Å². The van der Waals surface area contributed by atoms with Crippen LogP contribution in [0.15, 0.2) is 60.7 Å². The van der Waals surface area contributed by atoms with Crippen molar-refractivity contribution in [3.63, 3.8) is 0 Å². The fourth-order valence-corrected chi connectivity index (χ4v) is 2.21. The average Bonchev–Trinajstić information content (AvgIpc) is 2.49. The minimum absolute atomic E-state index is 0.625. The van der Waals surface area contributed by atoms with E-state index in [2.05, 4.69) is 86.9 Å². The van der Waals surface area contributed by atoms with Crippen LogP contribution in [-0.4, -0.2) is 12.1 Å². The maximum atomic E-state index is 3.42. The van der Waals surface area contributed by atoms with E-state index in [4.69, 9.17) is 0 Å². The van der Waals surface area contributed by atoms with Crippen molar-refractivity contribution in [1.82, 2.24) is 10.6 Å². The Kier molecular flexibility index (Phi) is 9.20. The summed E-state index contributed by atoms with van der Waals surface area (Å²) < 4.78 is 0. The summed E-state index contributed by atoms with van der Waals surface area (Å²) >= 11 is 0. The van der Waals surface area contributed by atoms with Crippen molar-refractivity contribution in [2.45, 2.75) is 52.9 Å². The van der Waals surface area contributed by atoms with Gasteiger partial charge in [0.1, 0.15) is 0 Å².